The van der Waals surface area contributed by atoms with Gasteiger partial charge in [0.15, 0.2) is 0 Å². The second-order valence-electron chi connectivity index (χ2n) is 9.54. The van der Waals surface area contributed by atoms with E-state index in [0.29, 0.717) is 45.9 Å². The largest absolute Gasteiger partial charge is 2.00 e. The monoisotopic (exact) mass is 714 g/mol. The van der Waals surface area contributed by atoms with Gasteiger partial charge in [0, 0.05) is 57.2 Å². The summed E-state index contributed by atoms with van der Waals surface area (Å²) < 4.78 is 0. The topological polar surface area (TPSA) is 118 Å². The van der Waals surface area contributed by atoms with Crippen LogP contribution in [0.25, 0.3) is 89.7 Å². The van der Waals surface area contributed by atoms with E-state index < -0.39 is 0 Å². The van der Waals surface area contributed by atoms with Crippen molar-refractivity contribution in [3.8, 4) is 45.6 Å². The zero-order valence-electron chi connectivity index (χ0n) is 27.0. The van der Waals surface area contributed by atoms with Crippen molar-refractivity contribution >= 4 is 44.1 Å². The summed E-state index contributed by atoms with van der Waals surface area (Å²) in [7, 11) is 0. The zero-order valence-corrected chi connectivity index (χ0v) is 27.9. The molecular weight excluding hydrogens is 670 g/mol. The first-order chi connectivity index (χ1) is 22.8. The first kappa shape index (κ1) is 40.9. The van der Waals surface area contributed by atoms with E-state index in [2.05, 4.69) is 4.98 Å². The summed E-state index contributed by atoms with van der Waals surface area (Å²) in [4.78, 5) is 43.4. The first-order valence-electron chi connectivity index (χ1n) is 15.7. The smallest absolute Gasteiger partial charge is 0.357 e. The number of nitrogens with zero attached hydrogens (tertiary/aromatic N) is 9. The molecular formula is C40H45CuN9. The van der Waals surface area contributed by atoms with Crippen molar-refractivity contribution in [1.29, 1.82) is 0 Å². The van der Waals surface area contributed by atoms with Gasteiger partial charge in [-0.15, -0.1) is 0 Å². The molecule has 7 aromatic rings. The molecule has 0 unspecified atom stereocenters. The number of aromatic nitrogens is 9. The third-order valence-electron chi connectivity index (χ3n) is 7.22. The Bertz CT molecular complexity index is 2040. The summed E-state index contributed by atoms with van der Waals surface area (Å²) in [6.07, 6.45) is 3.48. The maximum absolute atomic E-state index is 4.94. The second-order valence-corrected chi connectivity index (χ2v) is 9.54. The third-order valence-corrected chi connectivity index (χ3v) is 7.22. The number of rotatable bonds is 0. The van der Waals surface area contributed by atoms with Crippen LogP contribution in [0, 0.1) is 0 Å². The van der Waals surface area contributed by atoms with Crippen LogP contribution in [-0.2, 0) is 17.1 Å². The average Bonchev–Trinajstić information content (AvgIpc) is 3.87. The molecule has 0 amide bonds. The molecule has 9 nitrogen and oxygen atoms in total. The van der Waals surface area contributed by atoms with E-state index in [1.54, 1.807) is 12.4 Å². The van der Waals surface area contributed by atoms with Gasteiger partial charge in [0.1, 0.15) is 0 Å². The van der Waals surface area contributed by atoms with Crippen molar-refractivity contribution in [2.24, 2.45) is 0 Å². The van der Waals surface area contributed by atoms with Crippen molar-refractivity contribution in [3.63, 3.8) is 0 Å². The number of fused-ring (bicyclic) bond motifs is 20. The van der Waals surface area contributed by atoms with E-state index in [1.807, 2.05) is 120 Å². The van der Waals surface area contributed by atoms with E-state index in [-0.39, 0.29) is 39.3 Å². The van der Waals surface area contributed by atoms with Crippen LogP contribution in [0.2, 0.25) is 0 Å². The summed E-state index contributed by atoms with van der Waals surface area (Å²) in [5.41, 5.74) is 5.52. The molecule has 0 spiro atoms. The third kappa shape index (κ3) is 7.04. The van der Waals surface area contributed by atoms with Gasteiger partial charge >= 0.3 is 17.1 Å². The van der Waals surface area contributed by atoms with Crippen LogP contribution in [0.15, 0.2) is 91.3 Å². The summed E-state index contributed by atoms with van der Waals surface area (Å²) in [6, 6.07) is 25.7. The number of benzene rings is 3. The first-order valence-corrected chi connectivity index (χ1v) is 15.7. The van der Waals surface area contributed by atoms with Crippen LogP contribution < -0.4 is 9.97 Å². The van der Waals surface area contributed by atoms with Crippen LogP contribution in [0.4, 0.5) is 0 Å². The predicted octanol–water partition coefficient (Wildman–Crippen LogP) is 10.5. The number of hydrogen-bond acceptors (Lipinski definition) is 7. The summed E-state index contributed by atoms with van der Waals surface area (Å²) in [5.74, 6) is 2.09. The minimum atomic E-state index is 0. The van der Waals surface area contributed by atoms with Gasteiger partial charge in [-0.2, -0.15) is 0 Å². The van der Waals surface area contributed by atoms with Gasteiger partial charge < -0.3 is 29.9 Å². The molecule has 1 radical (unpaired) electrons. The van der Waals surface area contributed by atoms with E-state index in [1.165, 1.54) is 0 Å². The fraction of sp³-hybridized carbons (Fsp3) is 0.225. The van der Waals surface area contributed by atoms with Crippen molar-refractivity contribution in [3.05, 3.63) is 91.3 Å². The minimum Gasteiger partial charge on any atom is -0.357 e. The fourth-order valence-electron chi connectivity index (χ4n) is 5.35. The molecule has 0 aliphatic carbocycles. The van der Waals surface area contributed by atoms with Crippen LogP contribution in [0.5, 0.6) is 0 Å². The molecule has 0 saturated heterocycles. The Hall–Kier alpha value is -5.31. The van der Waals surface area contributed by atoms with Crippen LogP contribution in [-0.4, -0.2) is 34.9 Å². The Morgan fingerprint density at radius 1 is 0.380 bits per heavy atom. The Kier molecular flexibility index (Phi) is 14.6. The molecule has 0 fully saturated rings. The second kappa shape index (κ2) is 17.9. The molecule has 10 heteroatoms. The fourth-order valence-corrected chi connectivity index (χ4v) is 5.35. The van der Waals surface area contributed by atoms with Crippen molar-refractivity contribution in [1.82, 2.24) is 44.9 Å². The molecule has 2 aliphatic heterocycles. The molecule has 50 heavy (non-hydrogen) atoms. The van der Waals surface area contributed by atoms with Crippen molar-refractivity contribution in [2.75, 3.05) is 0 Å². The molecule has 0 atom stereocenters. The Labute approximate surface area is 305 Å². The standard InChI is InChI=1S/C31H15N9.3C2H6.3CH4.Cu/c1-2-8-17-16(7-1)24-33-25(17)35-27-20-11-5-6-12-21(20)29(37-27)39-31-23-15-32-14-13-22(23)30(40-31)38-28-19-10-4-3-9-18(19)26(34-24)36-28;3*1-2;;;;/h1-15H;3*1-2H3;3*1H4;/q-2;;;;;;;+2. The van der Waals surface area contributed by atoms with E-state index in [4.69, 9.17) is 39.9 Å². The predicted molar refractivity (Wildman–Crippen MR) is 206 cm³/mol. The van der Waals surface area contributed by atoms with E-state index >= 15 is 0 Å². The average molecular weight is 715 g/mol. The Morgan fingerprint density at radius 2 is 0.680 bits per heavy atom. The minimum absolute atomic E-state index is 0. The van der Waals surface area contributed by atoms with Crippen LogP contribution in [0.1, 0.15) is 63.8 Å². The quantitative estimate of drug-likeness (QED) is 0.141. The zero-order chi connectivity index (χ0) is 32.2. The normalized spacial score (nSPS) is 9.96. The maximum atomic E-state index is 4.94. The number of hydrogen-bond donors (Lipinski definition) is 0. The van der Waals surface area contributed by atoms with Gasteiger partial charge in [-0.05, 0) is 27.6 Å². The molecule has 0 saturated carbocycles. The number of pyridine rings is 1. The van der Waals surface area contributed by atoms with Gasteiger partial charge in [-0.1, -0.05) is 137 Å². The van der Waals surface area contributed by atoms with Crippen LogP contribution >= 0.6 is 0 Å². The van der Waals surface area contributed by atoms with Crippen molar-refractivity contribution < 1.29 is 17.1 Å². The van der Waals surface area contributed by atoms with Gasteiger partial charge in [0.25, 0.3) is 0 Å². The van der Waals surface area contributed by atoms with E-state index in [9.17, 15) is 0 Å². The molecule has 3 aromatic carbocycles. The van der Waals surface area contributed by atoms with Crippen molar-refractivity contribution in [2.45, 2.75) is 63.8 Å². The Balaban J connectivity index is 0.000000827. The molecule has 2 aliphatic rings. The van der Waals surface area contributed by atoms with Crippen LogP contribution in [0.3, 0.4) is 0 Å². The summed E-state index contributed by atoms with van der Waals surface area (Å²) in [6.45, 7) is 12.0. The Morgan fingerprint density at radius 3 is 1.04 bits per heavy atom. The molecule has 4 aromatic heterocycles. The molecule has 261 valence electrons. The van der Waals surface area contributed by atoms with Gasteiger partial charge in [0.2, 0.25) is 0 Å². The van der Waals surface area contributed by atoms with Gasteiger partial charge in [0.05, 0.1) is 23.3 Å². The van der Waals surface area contributed by atoms with E-state index in [0.717, 1.165) is 43.8 Å². The molecule has 0 N–H and O–H groups in total. The summed E-state index contributed by atoms with van der Waals surface area (Å²) >= 11 is 0. The molecule has 9 rings (SSSR count). The van der Waals surface area contributed by atoms with Gasteiger partial charge in [-0.3, -0.25) is 4.98 Å². The molecule has 6 heterocycles. The van der Waals surface area contributed by atoms with Gasteiger partial charge in [-0.25, -0.2) is 9.97 Å². The SMILES string of the molecule is C.C.C.CC.CC.CC.[Cu+2].c1ccc2c(c1)-c1nc-2nc2[n-]c(nc3nc(nc4[n-]c(n1)c1ccccc41)-c1ccncc1-3)c1ccccc21. The molecule has 8 bridgehead atoms. The maximum Gasteiger partial charge on any atom is 2.00 e. The summed E-state index contributed by atoms with van der Waals surface area (Å²) in [5, 5.41) is 3.51.